The molecule has 0 amide bonds. The van der Waals surface area contributed by atoms with E-state index >= 15 is 0 Å². The molecule has 4 N–H and O–H groups in total. The van der Waals surface area contributed by atoms with E-state index in [9.17, 15) is 24.1 Å². The van der Waals surface area contributed by atoms with Crippen LogP contribution < -0.4 is 15.1 Å². The van der Waals surface area contributed by atoms with Gasteiger partial charge in [0, 0.05) is 16.6 Å². The van der Waals surface area contributed by atoms with Crippen LogP contribution in [0, 0.1) is 10.1 Å². The fraction of sp³-hybridized carbons (Fsp3) is 0.333. The fourth-order valence-corrected chi connectivity index (χ4v) is 8.75. The minimum Gasteiger partial charge on any atom is -0.418 e. The molecule has 0 spiro atoms. The van der Waals surface area contributed by atoms with Gasteiger partial charge in [-0.3, -0.25) is 20.2 Å². The first-order valence-corrected chi connectivity index (χ1v) is 11.9. The van der Waals surface area contributed by atoms with Gasteiger partial charge in [-0.15, -0.1) is 0 Å². The molecule has 1 aromatic rings. The number of nitrogens with two attached hydrogens (primary N) is 1. The SMILES string of the molecule is CC(C)NP(=O)(Oc1ccc(Br)cc1[N+](=O)[O-])SP(N)(=O)O. The maximum atomic E-state index is 12.7. The maximum Gasteiger partial charge on any atom is 0.385 e. The van der Waals surface area contributed by atoms with Gasteiger partial charge in [0.1, 0.15) is 0 Å². The molecule has 0 saturated heterocycles. The van der Waals surface area contributed by atoms with Gasteiger partial charge < -0.3 is 9.42 Å². The summed E-state index contributed by atoms with van der Waals surface area (Å²) in [5.74, 6) is -0.300. The van der Waals surface area contributed by atoms with Crippen molar-refractivity contribution in [3.63, 3.8) is 0 Å². The van der Waals surface area contributed by atoms with Gasteiger partial charge in [0.2, 0.25) is 5.75 Å². The van der Waals surface area contributed by atoms with Crippen LogP contribution in [-0.2, 0) is 9.13 Å². The average molecular weight is 434 g/mol. The lowest BCUT2D eigenvalue weighted by atomic mass is 10.3. The molecule has 2 atom stereocenters. The Morgan fingerprint density at radius 1 is 1.50 bits per heavy atom. The van der Waals surface area contributed by atoms with Crippen LogP contribution in [0.3, 0.4) is 0 Å². The van der Waals surface area contributed by atoms with Crippen LogP contribution in [0.15, 0.2) is 22.7 Å². The number of nitro groups is 1. The first-order chi connectivity index (χ1) is 9.92. The highest BCUT2D eigenvalue weighted by atomic mass is 79.9. The highest BCUT2D eigenvalue weighted by Crippen LogP contribution is 2.71. The van der Waals surface area contributed by atoms with E-state index in [4.69, 9.17) is 10.0 Å². The summed E-state index contributed by atoms with van der Waals surface area (Å²) in [7, 11) is 0. The van der Waals surface area contributed by atoms with Crippen molar-refractivity contribution >= 4 is 46.1 Å². The van der Waals surface area contributed by atoms with E-state index in [2.05, 4.69) is 21.0 Å². The van der Waals surface area contributed by atoms with E-state index in [0.717, 1.165) is 0 Å². The molecule has 1 rings (SSSR count). The zero-order valence-corrected chi connectivity index (χ0v) is 15.7. The second-order valence-electron chi connectivity index (χ2n) is 4.39. The summed E-state index contributed by atoms with van der Waals surface area (Å²) in [5, 5.41) is 13.5. The average Bonchev–Trinajstić information content (AvgIpc) is 2.27. The molecule has 2 unspecified atom stereocenters. The van der Waals surface area contributed by atoms with E-state index in [0.29, 0.717) is 4.47 Å². The summed E-state index contributed by atoms with van der Waals surface area (Å²) >= 11 is 3.11. The molecular formula is C9H14BrN3O6P2S. The third-order valence-corrected chi connectivity index (χ3v) is 10.1. The van der Waals surface area contributed by atoms with Crippen molar-refractivity contribution in [2.45, 2.75) is 19.9 Å². The van der Waals surface area contributed by atoms with E-state index in [1.165, 1.54) is 18.2 Å². The van der Waals surface area contributed by atoms with Crippen LogP contribution in [0.4, 0.5) is 5.69 Å². The molecule has 0 aliphatic carbocycles. The predicted molar refractivity (Wildman–Crippen MR) is 88.9 cm³/mol. The van der Waals surface area contributed by atoms with Crippen LogP contribution in [0.1, 0.15) is 13.8 Å². The zero-order valence-electron chi connectivity index (χ0n) is 11.5. The van der Waals surface area contributed by atoms with Crippen LogP contribution >= 0.6 is 40.4 Å². The molecule has 0 aliphatic heterocycles. The smallest absolute Gasteiger partial charge is 0.385 e. The lowest BCUT2D eigenvalue weighted by molar-refractivity contribution is -0.385. The quantitative estimate of drug-likeness (QED) is 0.333. The molecule has 1 aromatic carbocycles. The Bertz CT molecular complexity index is 667. The van der Waals surface area contributed by atoms with Gasteiger partial charge in [-0.1, -0.05) is 15.9 Å². The summed E-state index contributed by atoms with van der Waals surface area (Å²) < 4.78 is 29.6. The highest BCUT2D eigenvalue weighted by Gasteiger charge is 2.36. The Labute approximate surface area is 138 Å². The first-order valence-electron chi connectivity index (χ1n) is 5.76. The Morgan fingerprint density at radius 2 is 2.09 bits per heavy atom. The third-order valence-electron chi connectivity index (χ3n) is 1.98. The summed E-state index contributed by atoms with van der Waals surface area (Å²) in [6.07, 6.45) is 0. The van der Waals surface area contributed by atoms with Gasteiger partial charge in [-0.25, -0.2) is 9.65 Å². The monoisotopic (exact) mass is 433 g/mol. The van der Waals surface area contributed by atoms with E-state index in [1.807, 2.05) is 0 Å². The molecule has 0 fully saturated rings. The Morgan fingerprint density at radius 3 is 2.55 bits per heavy atom. The third kappa shape index (κ3) is 6.37. The van der Waals surface area contributed by atoms with Crippen LogP contribution in [0.2, 0.25) is 0 Å². The topological polar surface area (TPSA) is 145 Å². The summed E-state index contributed by atoms with van der Waals surface area (Å²) in [4.78, 5) is 19.5. The van der Waals surface area contributed by atoms with Crippen molar-refractivity contribution in [3.05, 3.63) is 32.8 Å². The predicted octanol–water partition coefficient (Wildman–Crippen LogP) is 3.63. The maximum absolute atomic E-state index is 12.7. The van der Waals surface area contributed by atoms with Crippen molar-refractivity contribution in [2.24, 2.45) is 5.50 Å². The molecule has 0 heterocycles. The normalized spacial score (nSPS) is 16.8. The molecule has 124 valence electrons. The van der Waals surface area contributed by atoms with Crippen molar-refractivity contribution in [1.29, 1.82) is 0 Å². The molecule has 0 aromatic heterocycles. The summed E-state index contributed by atoms with van der Waals surface area (Å²) in [6, 6.07) is 3.48. The van der Waals surface area contributed by atoms with E-state index in [-0.39, 0.29) is 22.8 Å². The molecule has 0 aliphatic rings. The van der Waals surface area contributed by atoms with Crippen molar-refractivity contribution in [1.82, 2.24) is 5.09 Å². The van der Waals surface area contributed by atoms with Gasteiger partial charge in [0.25, 0.3) is 0 Å². The Kier molecular flexibility index (Phi) is 6.64. The van der Waals surface area contributed by atoms with Crippen LogP contribution in [0.25, 0.3) is 0 Å². The molecule has 0 radical (unpaired) electrons. The van der Waals surface area contributed by atoms with Gasteiger partial charge in [0.05, 0.1) is 15.9 Å². The highest BCUT2D eigenvalue weighted by molar-refractivity contribution is 9.10. The van der Waals surface area contributed by atoms with E-state index in [1.54, 1.807) is 13.8 Å². The lowest BCUT2D eigenvalue weighted by Crippen LogP contribution is -2.21. The van der Waals surface area contributed by atoms with Crippen LogP contribution in [-0.4, -0.2) is 15.9 Å². The van der Waals surface area contributed by atoms with Crippen molar-refractivity contribution in [2.75, 3.05) is 0 Å². The van der Waals surface area contributed by atoms with Gasteiger partial charge >= 0.3 is 19.1 Å². The van der Waals surface area contributed by atoms with Crippen LogP contribution in [0.5, 0.6) is 5.75 Å². The van der Waals surface area contributed by atoms with Gasteiger partial charge in [0.15, 0.2) is 0 Å². The molecular weight excluding hydrogens is 420 g/mol. The number of nitro benzene ring substituents is 1. The fourth-order valence-electron chi connectivity index (χ4n) is 1.38. The molecule has 0 bridgehead atoms. The second-order valence-corrected chi connectivity index (χ2v) is 13.0. The van der Waals surface area contributed by atoms with Gasteiger partial charge in [-0.2, -0.15) is 0 Å². The van der Waals surface area contributed by atoms with Crippen molar-refractivity contribution < 1.29 is 23.5 Å². The number of halogens is 1. The lowest BCUT2D eigenvalue weighted by Gasteiger charge is -2.21. The minimum absolute atomic E-state index is 0.0287. The molecule has 9 nitrogen and oxygen atoms in total. The minimum atomic E-state index is -4.24. The van der Waals surface area contributed by atoms with E-state index < -0.39 is 24.1 Å². The molecule has 0 saturated carbocycles. The zero-order chi connectivity index (χ0) is 17.1. The Balaban J connectivity index is 3.23. The second kappa shape index (κ2) is 7.44. The number of benzene rings is 1. The largest absolute Gasteiger partial charge is 0.418 e. The molecule has 22 heavy (non-hydrogen) atoms. The Hall–Kier alpha value is -0.410. The first kappa shape index (κ1) is 19.6. The number of hydrogen-bond donors (Lipinski definition) is 3. The number of rotatable bonds is 7. The molecule has 13 heteroatoms. The number of hydrogen-bond acceptors (Lipinski definition) is 6. The van der Waals surface area contributed by atoms with Gasteiger partial charge in [-0.05, 0) is 26.0 Å². The summed E-state index contributed by atoms with van der Waals surface area (Å²) in [5.41, 5.74) is 4.57. The number of nitrogens with zero attached hydrogens (tertiary/aromatic N) is 1. The standard InChI is InChI=1S/C9H14BrN3O6P2S/c1-6(2)12-21(18,22-20(11,16)17)19-9-4-3-7(10)5-8(9)13(14)15/h3-6H,1-2H3,(H,12,18)(H3,11,16,17). The van der Waals surface area contributed by atoms with Crippen molar-refractivity contribution in [3.8, 4) is 5.75 Å². The summed E-state index contributed by atoms with van der Waals surface area (Å²) in [6.45, 7) is -4.97. The number of nitrogens with one attached hydrogen (secondary N) is 1.